The molecular formula is C11H20N2S. The van der Waals surface area contributed by atoms with Crippen molar-refractivity contribution < 1.29 is 0 Å². The van der Waals surface area contributed by atoms with Crippen LogP contribution in [-0.2, 0) is 12.8 Å². The highest BCUT2D eigenvalue weighted by Crippen LogP contribution is 2.17. The largest absolute Gasteiger partial charge is 0.317 e. The molecule has 0 saturated heterocycles. The lowest BCUT2D eigenvalue weighted by Gasteiger charge is -2.06. The first-order chi connectivity index (χ1) is 6.61. The molecule has 0 aliphatic carbocycles. The quantitative estimate of drug-likeness (QED) is 0.811. The van der Waals surface area contributed by atoms with Gasteiger partial charge in [-0.05, 0) is 26.3 Å². The number of nitrogens with one attached hydrogen (secondary N) is 1. The Bertz CT molecular complexity index is 268. The van der Waals surface area contributed by atoms with Crippen molar-refractivity contribution >= 4 is 11.3 Å². The lowest BCUT2D eigenvalue weighted by molar-refractivity contribution is 0.612. The van der Waals surface area contributed by atoms with Crippen LogP contribution < -0.4 is 5.32 Å². The lowest BCUT2D eigenvalue weighted by Crippen LogP contribution is -2.22. The SMILES string of the molecule is CNC(C)Cc1cnc(CC(C)C)s1. The van der Waals surface area contributed by atoms with Crippen molar-refractivity contribution in [1.82, 2.24) is 10.3 Å². The van der Waals surface area contributed by atoms with Gasteiger partial charge in [0.05, 0.1) is 5.01 Å². The Labute approximate surface area is 90.8 Å². The second-order valence-corrected chi connectivity index (χ2v) is 5.41. The van der Waals surface area contributed by atoms with Crippen molar-refractivity contribution in [2.24, 2.45) is 5.92 Å². The number of hydrogen-bond acceptors (Lipinski definition) is 3. The molecule has 0 aliphatic heterocycles. The smallest absolute Gasteiger partial charge is 0.0930 e. The molecule has 1 rings (SSSR count). The maximum absolute atomic E-state index is 4.43. The van der Waals surface area contributed by atoms with Gasteiger partial charge in [-0.1, -0.05) is 13.8 Å². The molecule has 0 fully saturated rings. The molecule has 1 atom stereocenters. The average Bonchev–Trinajstić information content (AvgIpc) is 2.51. The predicted molar refractivity (Wildman–Crippen MR) is 62.9 cm³/mol. The number of hydrogen-bond donors (Lipinski definition) is 1. The second-order valence-electron chi connectivity index (χ2n) is 4.21. The summed E-state index contributed by atoms with van der Waals surface area (Å²) in [7, 11) is 2.00. The third kappa shape index (κ3) is 3.76. The van der Waals surface area contributed by atoms with Gasteiger partial charge in [0.1, 0.15) is 0 Å². The van der Waals surface area contributed by atoms with Gasteiger partial charge in [0.15, 0.2) is 0 Å². The van der Waals surface area contributed by atoms with E-state index in [1.807, 2.05) is 24.6 Å². The monoisotopic (exact) mass is 212 g/mol. The minimum atomic E-state index is 0.544. The van der Waals surface area contributed by atoms with Crippen molar-refractivity contribution in [2.45, 2.75) is 39.7 Å². The van der Waals surface area contributed by atoms with Gasteiger partial charge in [-0.15, -0.1) is 11.3 Å². The fourth-order valence-electron chi connectivity index (χ4n) is 1.29. The molecule has 0 bridgehead atoms. The van der Waals surface area contributed by atoms with Crippen LogP contribution >= 0.6 is 11.3 Å². The Balaban J connectivity index is 2.50. The molecule has 1 unspecified atom stereocenters. The molecule has 14 heavy (non-hydrogen) atoms. The van der Waals surface area contributed by atoms with E-state index < -0.39 is 0 Å². The molecular weight excluding hydrogens is 192 g/mol. The van der Waals surface area contributed by atoms with E-state index in [1.54, 1.807) is 0 Å². The van der Waals surface area contributed by atoms with E-state index in [2.05, 4.69) is 31.1 Å². The highest BCUT2D eigenvalue weighted by atomic mass is 32.1. The Hall–Kier alpha value is -0.410. The van der Waals surface area contributed by atoms with Crippen LogP contribution in [0.5, 0.6) is 0 Å². The van der Waals surface area contributed by atoms with Crippen LogP contribution in [0, 0.1) is 5.92 Å². The molecule has 3 heteroatoms. The third-order valence-corrected chi connectivity index (χ3v) is 3.23. The number of likely N-dealkylation sites (N-methyl/N-ethyl adjacent to an activating group) is 1. The van der Waals surface area contributed by atoms with Crippen molar-refractivity contribution in [1.29, 1.82) is 0 Å². The molecule has 2 nitrogen and oxygen atoms in total. The van der Waals surface area contributed by atoms with Gasteiger partial charge < -0.3 is 5.32 Å². The Morgan fingerprint density at radius 1 is 1.36 bits per heavy atom. The van der Waals surface area contributed by atoms with Crippen molar-refractivity contribution in [3.8, 4) is 0 Å². The van der Waals surface area contributed by atoms with Gasteiger partial charge in [0, 0.05) is 23.5 Å². The molecule has 1 heterocycles. The van der Waals surface area contributed by atoms with Gasteiger partial charge in [-0.3, -0.25) is 0 Å². The zero-order valence-corrected chi connectivity index (χ0v) is 10.3. The van der Waals surface area contributed by atoms with Gasteiger partial charge in [0.2, 0.25) is 0 Å². The summed E-state index contributed by atoms with van der Waals surface area (Å²) in [6.07, 6.45) is 4.22. The summed E-state index contributed by atoms with van der Waals surface area (Å²) in [6, 6.07) is 0.544. The van der Waals surface area contributed by atoms with Crippen LogP contribution in [0.25, 0.3) is 0 Å². The van der Waals surface area contributed by atoms with E-state index in [9.17, 15) is 0 Å². The maximum atomic E-state index is 4.43. The van der Waals surface area contributed by atoms with Crippen LogP contribution in [0.3, 0.4) is 0 Å². The van der Waals surface area contributed by atoms with E-state index in [-0.39, 0.29) is 0 Å². The van der Waals surface area contributed by atoms with Crippen LogP contribution in [0.2, 0.25) is 0 Å². The van der Waals surface area contributed by atoms with Crippen LogP contribution in [0.1, 0.15) is 30.7 Å². The molecule has 1 aromatic heterocycles. The second kappa shape index (κ2) is 5.47. The zero-order valence-electron chi connectivity index (χ0n) is 9.50. The summed E-state index contributed by atoms with van der Waals surface area (Å²) in [4.78, 5) is 5.83. The van der Waals surface area contributed by atoms with Gasteiger partial charge in [-0.25, -0.2) is 4.98 Å². The summed E-state index contributed by atoms with van der Waals surface area (Å²) in [6.45, 7) is 6.66. The van der Waals surface area contributed by atoms with Gasteiger partial charge in [-0.2, -0.15) is 0 Å². The molecule has 1 N–H and O–H groups in total. The maximum Gasteiger partial charge on any atom is 0.0930 e. The molecule has 1 aromatic rings. The molecule has 0 amide bonds. The van der Waals surface area contributed by atoms with E-state index in [0.29, 0.717) is 12.0 Å². The van der Waals surface area contributed by atoms with Gasteiger partial charge in [0.25, 0.3) is 0 Å². The normalized spacial score (nSPS) is 13.5. The summed E-state index contributed by atoms with van der Waals surface area (Å²) in [5.41, 5.74) is 0. The minimum Gasteiger partial charge on any atom is -0.317 e. The first kappa shape index (κ1) is 11.7. The molecule has 0 radical (unpaired) electrons. The Morgan fingerprint density at radius 3 is 2.64 bits per heavy atom. The van der Waals surface area contributed by atoms with Crippen LogP contribution in [-0.4, -0.2) is 18.1 Å². The summed E-state index contributed by atoms with van der Waals surface area (Å²) >= 11 is 1.85. The summed E-state index contributed by atoms with van der Waals surface area (Å²) < 4.78 is 0. The minimum absolute atomic E-state index is 0.544. The van der Waals surface area contributed by atoms with E-state index >= 15 is 0 Å². The first-order valence-electron chi connectivity index (χ1n) is 5.22. The molecule has 0 aromatic carbocycles. The lowest BCUT2D eigenvalue weighted by atomic mass is 10.1. The van der Waals surface area contributed by atoms with Crippen molar-refractivity contribution in [3.05, 3.63) is 16.1 Å². The van der Waals surface area contributed by atoms with Crippen molar-refractivity contribution in [2.75, 3.05) is 7.05 Å². The third-order valence-electron chi connectivity index (χ3n) is 2.18. The number of nitrogens with zero attached hydrogens (tertiary/aromatic N) is 1. The standard InChI is InChI=1S/C11H20N2S/c1-8(2)5-11-13-7-10(14-11)6-9(3)12-4/h7-9,12H,5-6H2,1-4H3. The Kier molecular flexibility index (Phi) is 4.55. The van der Waals surface area contributed by atoms with Crippen molar-refractivity contribution in [3.63, 3.8) is 0 Å². The summed E-state index contributed by atoms with van der Waals surface area (Å²) in [5, 5.41) is 4.52. The van der Waals surface area contributed by atoms with Crippen LogP contribution in [0.4, 0.5) is 0 Å². The van der Waals surface area contributed by atoms with E-state index in [1.165, 1.54) is 9.88 Å². The topological polar surface area (TPSA) is 24.9 Å². The highest BCUT2D eigenvalue weighted by Gasteiger charge is 2.06. The number of aromatic nitrogens is 1. The summed E-state index contributed by atoms with van der Waals surface area (Å²) in [5.74, 6) is 0.704. The predicted octanol–water partition coefficient (Wildman–Crippen LogP) is 2.49. The van der Waals surface area contributed by atoms with E-state index in [4.69, 9.17) is 0 Å². The molecule has 0 spiro atoms. The number of rotatable bonds is 5. The molecule has 0 saturated carbocycles. The Morgan fingerprint density at radius 2 is 2.07 bits per heavy atom. The zero-order chi connectivity index (χ0) is 10.6. The highest BCUT2D eigenvalue weighted by molar-refractivity contribution is 7.11. The van der Waals surface area contributed by atoms with E-state index in [0.717, 1.165) is 12.8 Å². The number of thiazole rings is 1. The van der Waals surface area contributed by atoms with Crippen LogP contribution in [0.15, 0.2) is 6.20 Å². The first-order valence-corrected chi connectivity index (χ1v) is 6.04. The fraction of sp³-hybridized carbons (Fsp3) is 0.727. The molecule has 80 valence electrons. The molecule has 0 aliphatic rings. The fourth-order valence-corrected chi connectivity index (χ4v) is 2.55. The van der Waals surface area contributed by atoms with Gasteiger partial charge >= 0.3 is 0 Å². The average molecular weight is 212 g/mol.